The van der Waals surface area contributed by atoms with E-state index in [1.807, 2.05) is 23.1 Å². The number of nitrogens with zero attached hydrogens (tertiary/aromatic N) is 3. The maximum Gasteiger partial charge on any atom is 0.233 e. The van der Waals surface area contributed by atoms with Gasteiger partial charge in [0.2, 0.25) is 11.1 Å². The quantitative estimate of drug-likeness (QED) is 0.728. The van der Waals surface area contributed by atoms with E-state index in [9.17, 15) is 4.79 Å². The van der Waals surface area contributed by atoms with E-state index >= 15 is 0 Å². The van der Waals surface area contributed by atoms with E-state index < -0.39 is 0 Å². The van der Waals surface area contributed by atoms with Crippen molar-refractivity contribution in [3.8, 4) is 0 Å². The van der Waals surface area contributed by atoms with Crippen LogP contribution in [0.15, 0.2) is 35.5 Å². The fourth-order valence-corrected chi connectivity index (χ4v) is 3.55. The van der Waals surface area contributed by atoms with Crippen molar-refractivity contribution in [2.24, 2.45) is 5.92 Å². The Labute approximate surface area is 153 Å². The molecule has 1 unspecified atom stereocenters. The minimum Gasteiger partial charge on any atom is -0.335 e. The fraction of sp³-hybridized carbons (Fsp3) is 0.526. The average Bonchev–Trinajstić information content (AvgIpc) is 3.35. The van der Waals surface area contributed by atoms with Crippen molar-refractivity contribution in [3.63, 3.8) is 0 Å². The maximum absolute atomic E-state index is 12.9. The summed E-state index contributed by atoms with van der Waals surface area (Å²) in [5, 5.41) is 7.79. The van der Waals surface area contributed by atoms with Crippen molar-refractivity contribution in [1.29, 1.82) is 0 Å². The number of rotatable bonds is 8. The van der Waals surface area contributed by atoms with Gasteiger partial charge in [0, 0.05) is 18.5 Å². The van der Waals surface area contributed by atoms with Crippen molar-refractivity contribution in [2.45, 2.75) is 57.3 Å². The predicted molar refractivity (Wildman–Crippen MR) is 100 cm³/mol. The number of carbonyl (C=O) groups excluding carboxylic acids is 1. The van der Waals surface area contributed by atoms with E-state index in [1.165, 1.54) is 30.2 Å². The molecule has 0 aliphatic heterocycles. The minimum atomic E-state index is 0.157. The van der Waals surface area contributed by atoms with Gasteiger partial charge in [0.1, 0.15) is 5.82 Å². The standard InChI is InChI=1S/C19H26N4OS/c1-13(2)18-20-19(22-21-18)25-12-17(24)23(14(3)16-9-10-16)11-15-7-5-4-6-8-15/h4-8,13-14,16H,9-12H2,1-3H3,(H,20,21,22). The van der Waals surface area contributed by atoms with E-state index in [-0.39, 0.29) is 11.9 Å². The first-order chi connectivity index (χ1) is 12.0. The average molecular weight is 359 g/mol. The van der Waals surface area contributed by atoms with Gasteiger partial charge in [-0.2, -0.15) is 0 Å². The summed E-state index contributed by atoms with van der Waals surface area (Å²) in [6.07, 6.45) is 2.46. The van der Waals surface area contributed by atoms with Gasteiger partial charge in [0.05, 0.1) is 5.75 Å². The summed E-state index contributed by atoms with van der Waals surface area (Å²) in [6.45, 7) is 6.98. The number of aromatic nitrogens is 3. The van der Waals surface area contributed by atoms with E-state index in [0.29, 0.717) is 29.3 Å². The Morgan fingerprint density at radius 1 is 1.28 bits per heavy atom. The molecule has 0 spiro atoms. The predicted octanol–water partition coefficient (Wildman–Crippen LogP) is 3.85. The molecule has 1 aromatic carbocycles. The monoisotopic (exact) mass is 358 g/mol. The Morgan fingerprint density at radius 2 is 2.00 bits per heavy atom. The number of nitrogens with one attached hydrogen (secondary N) is 1. The van der Waals surface area contributed by atoms with Crippen LogP contribution in [0, 0.1) is 5.92 Å². The maximum atomic E-state index is 12.9. The van der Waals surface area contributed by atoms with Crippen molar-refractivity contribution in [2.75, 3.05) is 5.75 Å². The van der Waals surface area contributed by atoms with Gasteiger partial charge in [-0.3, -0.25) is 9.89 Å². The second kappa shape index (κ2) is 8.04. The van der Waals surface area contributed by atoms with Crippen LogP contribution in [-0.2, 0) is 11.3 Å². The first-order valence-electron chi connectivity index (χ1n) is 8.93. The number of hydrogen-bond acceptors (Lipinski definition) is 4. The summed E-state index contributed by atoms with van der Waals surface area (Å²) in [4.78, 5) is 19.3. The van der Waals surface area contributed by atoms with E-state index in [4.69, 9.17) is 0 Å². The summed E-state index contributed by atoms with van der Waals surface area (Å²) in [6, 6.07) is 10.5. The van der Waals surface area contributed by atoms with Gasteiger partial charge in [0.25, 0.3) is 0 Å². The Balaban J connectivity index is 1.63. The zero-order valence-corrected chi connectivity index (χ0v) is 15.9. The van der Waals surface area contributed by atoms with E-state index in [0.717, 1.165) is 5.82 Å². The lowest BCUT2D eigenvalue weighted by Gasteiger charge is -2.29. The van der Waals surface area contributed by atoms with Crippen LogP contribution < -0.4 is 0 Å². The van der Waals surface area contributed by atoms with Crippen LogP contribution in [0.3, 0.4) is 0 Å². The second-order valence-corrected chi connectivity index (χ2v) is 7.97. The third-order valence-electron chi connectivity index (χ3n) is 4.67. The highest BCUT2D eigenvalue weighted by Gasteiger charge is 2.34. The molecule has 5 nitrogen and oxygen atoms in total. The number of hydrogen-bond donors (Lipinski definition) is 1. The molecule has 0 saturated heterocycles. The molecule has 1 aliphatic carbocycles. The van der Waals surface area contributed by atoms with Crippen LogP contribution in [-0.4, -0.2) is 37.8 Å². The molecule has 134 valence electrons. The topological polar surface area (TPSA) is 61.9 Å². The van der Waals surface area contributed by atoms with Crippen LogP contribution in [0.5, 0.6) is 0 Å². The SMILES string of the molecule is CC(C)c1nc(SCC(=O)N(Cc2ccccc2)C(C)C2CC2)n[nH]1. The smallest absolute Gasteiger partial charge is 0.233 e. The summed E-state index contributed by atoms with van der Waals surface area (Å²) in [5.41, 5.74) is 1.17. The van der Waals surface area contributed by atoms with Gasteiger partial charge in [-0.1, -0.05) is 55.9 Å². The van der Waals surface area contributed by atoms with Crippen LogP contribution in [0.1, 0.15) is 50.9 Å². The van der Waals surface area contributed by atoms with Crippen LogP contribution in [0.2, 0.25) is 0 Å². The molecule has 1 N–H and O–H groups in total. The van der Waals surface area contributed by atoms with Crippen molar-refractivity contribution in [3.05, 3.63) is 41.7 Å². The van der Waals surface area contributed by atoms with Gasteiger partial charge in [0.15, 0.2) is 0 Å². The van der Waals surface area contributed by atoms with Crippen LogP contribution in [0.4, 0.5) is 0 Å². The molecule has 0 bridgehead atoms. The summed E-state index contributed by atoms with van der Waals surface area (Å²) in [7, 11) is 0. The molecular weight excluding hydrogens is 332 g/mol. The third-order valence-corrected chi connectivity index (χ3v) is 5.50. The molecule has 3 rings (SSSR count). The number of carbonyl (C=O) groups is 1. The summed E-state index contributed by atoms with van der Waals surface area (Å²) >= 11 is 1.41. The second-order valence-electron chi connectivity index (χ2n) is 7.03. The minimum absolute atomic E-state index is 0.157. The summed E-state index contributed by atoms with van der Waals surface area (Å²) < 4.78 is 0. The van der Waals surface area contributed by atoms with Gasteiger partial charge in [-0.25, -0.2) is 4.98 Å². The number of amides is 1. The molecule has 1 atom stereocenters. The summed E-state index contributed by atoms with van der Waals surface area (Å²) in [5.74, 6) is 2.35. The van der Waals surface area contributed by atoms with Gasteiger partial charge < -0.3 is 4.90 Å². The van der Waals surface area contributed by atoms with E-state index in [2.05, 4.69) is 48.1 Å². The Kier molecular flexibility index (Phi) is 5.78. The number of benzene rings is 1. The third kappa shape index (κ3) is 4.84. The van der Waals surface area contributed by atoms with Crippen LogP contribution in [0.25, 0.3) is 0 Å². The Morgan fingerprint density at radius 3 is 2.60 bits per heavy atom. The van der Waals surface area contributed by atoms with Crippen LogP contribution >= 0.6 is 11.8 Å². The molecular formula is C19H26N4OS. The lowest BCUT2D eigenvalue weighted by atomic mass is 10.1. The van der Waals surface area contributed by atoms with Gasteiger partial charge >= 0.3 is 0 Å². The molecule has 1 fully saturated rings. The normalized spacial score (nSPS) is 15.4. The van der Waals surface area contributed by atoms with Gasteiger partial charge in [-0.05, 0) is 31.2 Å². The van der Waals surface area contributed by atoms with E-state index in [1.54, 1.807) is 0 Å². The largest absolute Gasteiger partial charge is 0.335 e. The molecule has 25 heavy (non-hydrogen) atoms. The molecule has 1 heterocycles. The molecule has 1 aliphatic rings. The zero-order valence-electron chi connectivity index (χ0n) is 15.1. The molecule has 1 amide bonds. The molecule has 1 aromatic heterocycles. The first kappa shape index (κ1) is 18.0. The Bertz CT molecular complexity index is 696. The highest BCUT2D eigenvalue weighted by atomic mass is 32.2. The lowest BCUT2D eigenvalue weighted by molar-refractivity contribution is -0.131. The molecule has 6 heteroatoms. The molecule has 0 radical (unpaired) electrons. The van der Waals surface area contributed by atoms with Crippen molar-refractivity contribution < 1.29 is 4.79 Å². The van der Waals surface area contributed by atoms with Crippen molar-refractivity contribution >= 4 is 17.7 Å². The first-order valence-corrected chi connectivity index (χ1v) is 9.91. The van der Waals surface area contributed by atoms with Gasteiger partial charge in [-0.15, -0.1) is 5.10 Å². The van der Waals surface area contributed by atoms with Crippen molar-refractivity contribution in [1.82, 2.24) is 20.1 Å². The highest BCUT2D eigenvalue weighted by Crippen LogP contribution is 2.36. The number of aromatic amines is 1. The zero-order chi connectivity index (χ0) is 17.8. The lowest BCUT2D eigenvalue weighted by Crippen LogP contribution is -2.40. The Hall–Kier alpha value is -1.82. The molecule has 1 saturated carbocycles. The molecule has 2 aromatic rings. The highest BCUT2D eigenvalue weighted by molar-refractivity contribution is 7.99. The number of H-pyrrole nitrogens is 1. The fourth-order valence-electron chi connectivity index (χ4n) is 2.86. The number of thioether (sulfide) groups is 1.